The maximum absolute atomic E-state index is 12.7. The first-order valence-electron chi connectivity index (χ1n) is 7.03. The fourth-order valence-corrected chi connectivity index (χ4v) is 2.99. The number of aromatic nitrogens is 2. The van der Waals surface area contributed by atoms with Crippen LogP contribution in [-0.4, -0.2) is 22.1 Å². The van der Waals surface area contributed by atoms with Crippen molar-refractivity contribution in [3.8, 4) is 0 Å². The number of esters is 1. The van der Waals surface area contributed by atoms with Crippen LogP contribution in [-0.2, 0) is 4.74 Å². The largest absolute Gasteiger partial charge is 0.462 e. The van der Waals surface area contributed by atoms with Crippen LogP contribution in [0.3, 0.4) is 0 Å². The summed E-state index contributed by atoms with van der Waals surface area (Å²) in [6, 6.07) is 0.214. The minimum Gasteiger partial charge on any atom is -0.462 e. The monoisotopic (exact) mass is 340 g/mol. The number of nitrogens with zero attached hydrogens (tertiary/aromatic N) is 2. The van der Waals surface area contributed by atoms with Crippen LogP contribution in [0.25, 0.3) is 10.9 Å². The standard InChI is InChI=1S/C15H14Cl2N2O3/c1-3-22-15(21)9-6-19(8-4-5-8)12-10(13(9)20)7(2)18-14(17)11(12)16/h6,8H,3-5H2,1-2H3. The molecule has 0 radical (unpaired) electrons. The van der Waals surface area contributed by atoms with Gasteiger partial charge in [-0.15, -0.1) is 0 Å². The Morgan fingerprint density at radius 1 is 1.45 bits per heavy atom. The molecule has 0 amide bonds. The van der Waals surface area contributed by atoms with E-state index in [-0.39, 0.29) is 28.4 Å². The van der Waals surface area contributed by atoms with Gasteiger partial charge in [-0.05, 0) is 26.7 Å². The number of hydrogen-bond acceptors (Lipinski definition) is 4. The highest BCUT2D eigenvalue weighted by atomic mass is 35.5. The third-order valence-electron chi connectivity index (χ3n) is 3.69. The number of aryl methyl sites for hydroxylation is 1. The molecular weight excluding hydrogens is 327 g/mol. The number of pyridine rings is 2. The average molecular weight is 341 g/mol. The Morgan fingerprint density at radius 2 is 2.14 bits per heavy atom. The molecule has 2 aromatic heterocycles. The molecule has 22 heavy (non-hydrogen) atoms. The summed E-state index contributed by atoms with van der Waals surface area (Å²) in [5.74, 6) is -0.630. The molecule has 2 heterocycles. The summed E-state index contributed by atoms with van der Waals surface area (Å²) in [5, 5.41) is 0.720. The van der Waals surface area contributed by atoms with Gasteiger partial charge in [-0.2, -0.15) is 0 Å². The molecule has 0 unspecified atom stereocenters. The lowest BCUT2D eigenvalue weighted by Gasteiger charge is -2.15. The molecule has 1 fully saturated rings. The van der Waals surface area contributed by atoms with Crippen LogP contribution in [0.15, 0.2) is 11.0 Å². The molecular formula is C15H14Cl2N2O3. The molecule has 7 heteroatoms. The van der Waals surface area contributed by atoms with Crippen molar-refractivity contribution in [1.82, 2.24) is 9.55 Å². The number of hydrogen-bond donors (Lipinski definition) is 0. The zero-order valence-electron chi connectivity index (χ0n) is 12.2. The van der Waals surface area contributed by atoms with E-state index in [0.29, 0.717) is 16.6 Å². The van der Waals surface area contributed by atoms with Crippen molar-refractivity contribution in [1.29, 1.82) is 0 Å². The molecule has 0 aromatic carbocycles. The molecule has 0 atom stereocenters. The fraction of sp³-hybridized carbons (Fsp3) is 0.400. The van der Waals surface area contributed by atoms with Gasteiger partial charge < -0.3 is 9.30 Å². The Morgan fingerprint density at radius 3 is 2.73 bits per heavy atom. The second-order valence-corrected chi connectivity index (χ2v) is 5.99. The van der Waals surface area contributed by atoms with Crippen molar-refractivity contribution in [2.24, 2.45) is 0 Å². The highest BCUT2D eigenvalue weighted by Crippen LogP contribution is 2.40. The van der Waals surface area contributed by atoms with Crippen molar-refractivity contribution in [2.75, 3.05) is 6.61 Å². The van der Waals surface area contributed by atoms with Crippen LogP contribution in [0.1, 0.15) is 41.9 Å². The van der Waals surface area contributed by atoms with Crippen LogP contribution < -0.4 is 5.43 Å². The Kier molecular flexibility index (Phi) is 3.87. The van der Waals surface area contributed by atoms with Crippen LogP contribution in [0, 0.1) is 6.92 Å². The molecule has 0 N–H and O–H groups in total. The quantitative estimate of drug-likeness (QED) is 0.633. The normalized spacial score (nSPS) is 14.4. The fourth-order valence-electron chi connectivity index (χ4n) is 2.54. The van der Waals surface area contributed by atoms with Crippen LogP contribution in [0.5, 0.6) is 0 Å². The predicted molar refractivity (Wildman–Crippen MR) is 85.0 cm³/mol. The summed E-state index contributed by atoms with van der Waals surface area (Å²) in [7, 11) is 0. The summed E-state index contributed by atoms with van der Waals surface area (Å²) in [5.41, 5.74) is 0.577. The molecule has 1 aliphatic rings. The van der Waals surface area contributed by atoms with Gasteiger partial charge in [0, 0.05) is 12.2 Å². The number of rotatable bonds is 3. The number of halogens is 2. The second kappa shape index (κ2) is 5.56. The van der Waals surface area contributed by atoms with Crippen LogP contribution in [0.2, 0.25) is 10.2 Å². The van der Waals surface area contributed by atoms with E-state index in [2.05, 4.69) is 4.98 Å². The van der Waals surface area contributed by atoms with E-state index in [1.165, 1.54) is 6.20 Å². The molecule has 0 aliphatic heterocycles. The van der Waals surface area contributed by atoms with Gasteiger partial charge in [0.1, 0.15) is 15.7 Å². The molecule has 116 valence electrons. The zero-order valence-corrected chi connectivity index (χ0v) is 13.7. The van der Waals surface area contributed by atoms with Crippen molar-refractivity contribution >= 4 is 40.1 Å². The molecule has 0 bridgehead atoms. The number of carbonyl (C=O) groups is 1. The third-order valence-corrected chi connectivity index (χ3v) is 4.42. The summed E-state index contributed by atoms with van der Waals surface area (Å²) < 4.78 is 6.83. The van der Waals surface area contributed by atoms with Gasteiger partial charge in [0.25, 0.3) is 0 Å². The van der Waals surface area contributed by atoms with Gasteiger partial charge in [-0.25, -0.2) is 9.78 Å². The first-order chi connectivity index (χ1) is 10.5. The van der Waals surface area contributed by atoms with Crippen molar-refractivity contribution in [3.63, 3.8) is 0 Å². The Bertz CT molecular complexity index is 841. The first-order valence-corrected chi connectivity index (χ1v) is 7.78. The van der Waals surface area contributed by atoms with Crippen LogP contribution in [0.4, 0.5) is 0 Å². The number of ether oxygens (including phenoxy) is 1. The summed E-state index contributed by atoms with van der Waals surface area (Å²) in [6.45, 7) is 3.58. The molecule has 5 nitrogen and oxygen atoms in total. The Balaban J connectivity index is 2.41. The first kappa shape index (κ1) is 15.3. The third kappa shape index (κ3) is 2.38. The molecule has 1 saturated carbocycles. The SMILES string of the molecule is CCOC(=O)c1cn(C2CC2)c2c(Cl)c(Cl)nc(C)c2c1=O. The zero-order chi connectivity index (χ0) is 16.0. The van der Waals surface area contributed by atoms with Gasteiger partial charge in [0.2, 0.25) is 5.43 Å². The van der Waals surface area contributed by atoms with Crippen molar-refractivity contribution in [3.05, 3.63) is 37.9 Å². The van der Waals surface area contributed by atoms with E-state index in [0.717, 1.165) is 12.8 Å². The Hall–Kier alpha value is -1.59. The lowest BCUT2D eigenvalue weighted by molar-refractivity contribution is 0.0524. The second-order valence-electron chi connectivity index (χ2n) is 5.26. The lowest BCUT2D eigenvalue weighted by Crippen LogP contribution is -2.22. The van der Waals surface area contributed by atoms with E-state index >= 15 is 0 Å². The van der Waals surface area contributed by atoms with E-state index < -0.39 is 11.4 Å². The van der Waals surface area contributed by atoms with Gasteiger partial charge >= 0.3 is 5.97 Å². The molecule has 1 aliphatic carbocycles. The molecule has 2 aromatic rings. The summed E-state index contributed by atoms with van der Waals surface area (Å²) >= 11 is 12.3. The average Bonchev–Trinajstić information content (AvgIpc) is 3.29. The molecule has 0 saturated heterocycles. The topological polar surface area (TPSA) is 61.2 Å². The van der Waals surface area contributed by atoms with Gasteiger partial charge in [-0.3, -0.25) is 4.79 Å². The number of fused-ring (bicyclic) bond motifs is 1. The van der Waals surface area contributed by atoms with Crippen LogP contribution >= 0.6 is 23.2 Å². The van der Waals surface area contributed by atoms with Gasteiger partial charge in [-0.1, -0.05) is 23.2 Å². The maximum Gasteiger partial charge on any atom is 0.343 e. The van der Waals surface area contributed by atoms with E-state index in [1.54, 1.807) is 13.8 Å². The van der Waals surface area contributed by atoms with E-state index in [1.807, 2.05) is 4.57 Å². The smallest absolute Gasteiger partial charge is 0.343 e. The van der Waals surface area contributed by atoms with Crippen molar-refractivity contribution < 1.29 is 9.53 Å². The van der Waals surface area contributed by atoms with Gasteiger partial charge in [0.05, 0.1) is 23.2 Å². The van der Waals surface area contributed by atoms with E-state index in [4.69, 9.17) is 27.9 Å². The maximum atomic E-state index is 12.7. The predicted octanol–water partition coefficient (Wildman–Crippen LogP) is 3.52. The summed E-state index contributed by atoms with van der Waals surface area (Å²) in [6.07, 6.45) is 3.47. The number of carbonyl (C=O) groups excluding carboxylic acids is 1. The summed E-state index contributed by atoms with van der Waals surface area (Å²) in [4.78, 5) is 28.8. The van der Waals surface area contributed by atoms with Crippen molar-refractivity contribution in [2.45, 2.75) is 32.7 Å². The highest BCUT2D eigenvalue weighted by molar-refractivity contribution is 6.44. The lowest BCUT2D eigenvalue weighted by atomic mass is 10.1. The molecule has 3 rings (SSSR count). The highest BCUT2D eigenvalue weighted by Gasteiger charge is 2.29. The minimum absolute atomic E-state index is 0.00420. The minimum atomic E-state index is -0.630. The van der Waals surface area contributed by atoms with Gasteiger partial charge in [0.15, 0.2) is 0 Å². The Labute approximate surface area is 136 Å². The van der Waals surface area contributed by atoms with E-state index in [9.17, 15) is 9.59 Å². The molecule has 0 spiro atoms.